The number of benzene rings is 1. The van der Waals surface area contributed by atoms with Gasteiger partial charge in [0.15, 0.2) is 0 Å². The van der Waals surface area contributed by atoms with Gasteiger partial charge in [0.1, 0.15) is 5.02 Å². The molecular formula is C12H12Cl2N2O3S. The average molecular weight is 335 g/mol. The minimum absolute atomic E-state index is 0.0173. The first-order valence-corrected chi connectivity index (χ1v) is 7.75. The lowest BCUT2D eigenvalue weighted by atomic mass is 10.1. The summed E-state index contributed by atoms with van der Waals surface area (Å²) < 4.78 is 0. The third-order valence-electron chi connectivity index (χ3n) is 2.98. The van der Waals surface area contributed by atoms with Crippen LogP contribution in [0, 0.1) is 10.1 Å². The van der Waals surface area contributed by atoms with Gasteiger partial charge in [-0.05, 0) is 6.07 Å². The standard InChI is InChI=1S/C12H12Cl2N2O3S/c1-7-6-15(2-3-20-7)12(17)8-4-9(13)11(14)10(5-8)16(18)19/h4-5,7H,2-3,6H2,1H3. The fraction of sp³-hybridized carbons (Fsp3) is 0.417. The van der Waals surface area contributed by atoms with Crippen LogP contribution in [0.4, 0.5) is 5.69 Å². The normalized spacial score (nSPS) is 18.9. The summed E-state index contributed by atoms with van der Waals surface area (Å²) in [5, 5.41) is 11.1. The van der Waals surface area contributed by atoms with Gasteiger partial charge in [0.25, 0.3) is 11.6 Å². The SMILES string of the molecule is CC1CN(C(=O)c2cc(Cl)c(Cl)c([N+](=O)[O-])c2)CCS1. The van der Waals surface area contributed by atoms with Gasteiger partial charge in [-0.25, -0.2) is 0 Å². The number of thioether (sulfide) groups is 1. The van der Waals surface area contributed by atoms with Crippen molar-refractivity contribution in [1.82, 2.24) is 4.90 Å². The fourth-order valence-corrected chi connectivity index (χ4v) is 3.42. The molecule has 1 unspecified atom stereocenters. The van der Waals surface area contributed by atoms with Crippen LogP contribution in [0.3, 0.4) is 0 Å². The lowest BCUT2D eigenvalue weighted by molar-refractivity contribution is -0.384. The minimum atomic E-state index is -0.639. The number of amides is 1. The van der Waals surface area contributed by atoms with E-state index in [4.69, 9.17) is 23.2 Å². The summed E-state index contributed by atoms with van der Waals surface area (Å²) in [6, 6.07) is 2.56. The summed E-state index contributed by atoms with van der Waals surface area (Å²) >= 11 is 13.4. The maximum Gasteiger partial charge on any atom is 0.290 e. The Morgan fingerprint density at radius 1 is 1.50 bits per heavy atom. The van der Waals surface area contributed by atoms with Crippen LogP contribution in [-0.4, -0.2) is 39.8 Å². The van der Waals surface area contributed by atoms with E-state index in [2.05, 4.69) is 0 Å². The maximum atomic E-state index is 12.4. The molecule has 0 radical (unpaired) electrons. The first-order chi connectivity index (χ1) is 9.40. The van der Waals surface area contributed by atoms with Gasteiger partial charge < -0.3 is 4.90 Å². The van der Waals surface area contributed by atoms with Crippen molar-refractivity contribution in [2.75, 3.05) is 18.8 Å². The van der Waals surface area contributed by atoms with E-state index in [1.807, 2.05) is 6.92 Å². The topological polar surface area (TPSA) is 63.5 Å². The highest BCUT2D eigenvalue weighted by molar-refractivity contribution is 7.99. The van der Waals surface area contributed by atoms with Gasteiger partial charge in [0.05, 0.1) is 9.95 Å². The van der Waals surface area contributed by atoms with Crippen molar-refractivity contribution in [2.24, 2.45) is 0 Å². The number of hydrogen-bond acceptors (Lipinski definition) is 4. The molecule has 0 spiro atoms. The number of nitro benzene ring substituents is 1. The predicted molar refractivity (Wildman–Crippen MR) is 80.9 cm³/mol. The van der Waals surface area contributed by atoms with Crippen LogP contribution >= 0.6 is 35.0 Å². The fourth-order valence-electron chi connectivity index (χ4n) is 2.02. The maximum absolute atomic E-state index is 12.4. The van der Waals surface area contributed by atoms with Gasteiger partial charge in [0.2, 0.25) is 0 Å². The smallest absolute Gasteiger partial charge is 0.290 e. The van der Waals surface area contributed by atoms with E-state index in [1.54, 1.807) is 16.7 Å². The van der Waals surface area contributed by atoms with Crippen molar-refractivity contribution in [2.45, 2.75) is 12.2 Å². The quantitative estimate of drug-likeness (QED) is 0.613. The van der Waals surface area contributed by atoms with E-state index in [-0.39, 0.29) is 27.2 Å². The molecule has 0 bridgehead atoms. The average Bonchev–Trinajstić information content (AvgIpc) is 2.40. The number of nitro groups is 1. The van der Waals surface area contributed by atoms with Crippen LogP contribution in [0.2, 0.25) is 10.0 Å². The van der Waals surface area contributed by atoms with E-state index in [0.717, 1.165) is 5.75 Å². The lowest BCUT2D eigenvalue weighted by Gasteiger charge is -2.30. The van der Waals surface area contributed by atoms with Crippen molar-refractivity contribution >= 4 is 46.6 Å². The summed E-state index contributed by atoms with van der Waals surface area (Å²) in [5.41, 5.74) is -0.146. The number of halogens is 2. The van der Waals surface area contributed by atoms with Crippen molar-refractivity contribution in [3.8, 4) is 0 Å². The summed E-state index contributed by atoms with van der Waals surface area (Å²) in [6.45, 7) is 3.29. The van der Waals surface area contributed by atoms with Gasteiger partial charge in [-0.1, -0.05) is 30.1 Å². The van der Waals surface area contributed by atoms with E-state index in [0.29, 0.717) is 18.3 Å². The Morgan fingerprint density at radius 2 is 2.20 bits per heavy atom. The highest BCUT2D eigenvalue weighted by Crippen LogP contribution is 2.33. The van der Waals surface area contributed by atoms with Gasteiger partial charge >= 0.3 is 0 Å². The number of carbonyl (C=O) groups excluding carboxylic acids is 1. The molecule has 1 aromatic rings. The van der Waals surface area contributed by atoms with Gasteiger partial charge in [-0.3, -0.25) is 14.9 Å². The first kappa shape index (κ1) is 15.4. The van der Waals surface area contributed by atoms with Crippen LogP contribution in [0.15, 0.2) is 12.1 Å². The second kappa shape index (κ2) is 6.20. The Bertz CT molecular complexity index is 568. The molecule has 20 heavy (non-hydrogen) atoms. The summed E-state index contributed by atoms with van der Waals surface area (Å²) in [5.74, 6) is 0.606. The molecule has 0 saturated carbocycles. The molecule has 1 aliphatic rings. The van der Waals surface area contributed by atoms with Crippen LogP contribution < -0.4 is 0 Å². The highest BCUT2D eigenvalue weighted by Gasteiger charge is 2.26. The van der Waals surface area contributed by atoms with Crippen molar-refractivity contribution in [1.29, 1.82) is 0 Å². The zero-order chi connectivity index (χ0) is 14.9. The molecule has 1 heterocycles. The molecule has 8 heteroatoms. The van der Waals surface area contributed by atoms with E-state index in [1.165, 1.54) is 12.1 Å². The second-order valence-corrected chi connectivity index (χ2v) is 6.81. The molecule has 0 N–H and O–H groups in total. The second-order valence-electron chi connectivity index (χ2n) is 4.48. The number of rotatable bonds is 2. The monoisotopic (exact) mass is 334 g/mol. The zero-order valence-corrected chi connectivity index (χ0v) is 13.0. The summed E-state index contributed by atoms with van der Waals surface area (Å²) in [6.07, 6.45) is 0. The van der Waals surface area contributed by atoms with E-state index in [9.17, 15) is 14.9 Å². The molecule has 0 aliphatic carbocycles. The molecule has 108 valence electrons. The molecular weight excluding hydrogens is 323 g/mol. The van der Waals surface area contributed by atoms with Gasteiger partial charge in [0, 0.05) is 35.7 Å². The Labute approximate surface area is 130 Å². The summed E-state index contributed by atoms with van der Waals surface area (Å²) in [7, 11) is 0. The van der Waals surface area contributed by atoms with Crippen LogP contribution in [0.5, 0.6) is 0 Å². The van der Waals surface area contributed by atoms with Gasteiger partial charge in [-0.2, -0.15) is 11.8 Å². The highest BCUT2D eigenvalue weighted by atomic mass is 35.5. The zero-order valence-electron chi connectivity index (χ0n) is 10.6. The molecule has 1 fully saturated rings. The lowest BCUT2D eigenvalue weighted by Crippen LogP contribution is -2.41. The number of carbonyl (C=O) groups is 1. The Kier molecular flexibility index (Phi) is 4.78. The summed E-state index contributed by atoms with van der Waals surface area (Å²) in [4.78, 5) is 24.3. The number of nitrogens with zero attached hydrogens (tertiary/aromatic N) is 2. The molecule has 2 rings (SSSR count). The van der Waals surface area contributed by atoms with Crippen molar-refractivity contribution < 1.29 is 9.72 Å². The predicted octanol–water partition coefficient (Wildman–Crippen LogP) is 3.48. The molecule has 1 saturated heterocycles. The van der Waals surface area contributed by atoms with Crippen LogP contribution in [0.25, 0.3) is 0 Å². The molecule has 1 atom stereocenters. The van der Waals surface area contributed by atoms with Crippen molar-refractivity contribution in [3.05, 3.63) is 37.9 Å². The molecule has 1 aliphatic heterocycles. The Hall–Kier alpha value is -0.980. The van der Waals surface area contributed by atoms with Crippen LogP contribution in [0.1, 0.15) is 17.3 Å². The van der Waals surface area contributed by atoms with E-state index >= 15 is 0 Å². The first-order valence-electron chi connectivity index (χ1n) is 5.94. The largest absolute Gasteiger partial charge is 0.337 e. The minimum Gasteiger partial charge on any atom is -0.337 e. The molecule has 0 aromatic heterocycles. The molecule has 1 aromatic carbocycles. The van der Waals surface area contributed by atoms with Crippen LogP contribution in [-0.2, 0) is 0 Å². The van der Waals surface area contributed by atoms with Crippen molar-refractivity contribution in [3.63, 3.8) is 0 Å². The Morgan fingerprint density at radius 3 is 2.80 bits per heavy atom. The third kappa shape index (κ3) is 3.19. The number of hydrogen-bond donors (Lipinski definition) is 0. The molecule has 1 amide bonds. The third-order valence-corrected chi connectivity index (χ3v) is 4.91. The van der Waals surface area contributed by atoms with E-state index < -0.39 is 4.92 Å². The van der Waals surface area contributed by atoms with Gasteiger partial charge in [-0.15, -0.1) is 0 Å². The Balaban J connectivity index is 2.32. The molecule has 5 nitrogen and oxygen atoms in total.